The number of para-hydroxylation sites is 1. The third-order valence-corrected chi connectivity index (χ3v) is 4.31. The van der Waals surface area contributed by atoms with E-state index in [9.17, 15) is 4.21 Å². The molecular weight excluding hydrogens is 234 g/mol. The van der Waals surface area contributed by atoms with Crippen LogP contribution in [0.15, 0.2) is 29.2 Å². The van der Waals surface area contributed by atoms with E-state index >= 15 is 0 Å². The van der Waals surface area contributed by atoms with E-state index in [1.165, 1.54) is 0 Å². The molecule has 1 rings (SSSR count). The van der Waals surface area contributed by atoms with Gasteiger partial charge in [0.1, 0.15) is 5.75 Å². The predicted molar refractivity (Wildman–Crippen MR) is 72.0 cm³/mol. The molecule has 0 fully saturated rings. The number of benzene rings is 1. The number of hydrogen-bond donors (Lipinski definition) is 1. The van der Waals surface area contributed by atoms with Crippen molar-refractivity contribution in [2.45, 2.75) is 24.8 Å². The van der Waals surface area contributed by atoms with E-state index in [4.69, 9.17) is 4.74 Å². The highest BCUT2D eigenvalue weighted by atomic mass is 32.2. The molecule has 2 unspecified atom stereocenters. The lowest BCUT2D eigenvalue weighted by atomic mass is 10.1. The molecule has 96 valence electrons. The van der Waals surface area contributed by atoms with Gasteiger partial charge in [-0.3, -0.25) is 4.21 Å². The smallest absolute Gasteiger partial charge is 0.134 e. The van der Waals surface area contributed by atoms with Crippen molar-refractivity contribution < 1.29 is 8.95 Å². The van der Waals surface area contributed by atoms with Crippen molar-refractivity contribution in [1.82, 2.24) is 5.32 Å². The van der Waals surface area contributed by atoms with Gasteiger partial charge in [0.2, 0.25) is 0 Å². The van der Waals surface area contributed by atoms with Crippen molar-refractivity contribution in [2.75, 3.05) is 19.9 Å². The molecule has 17 heavy (non-hydrogen) atoms. The van der Waals surface area contributed by atoms with E-state index in [2.05, 4.69) is 19.2 Å². The van der Waals surface area contributed by atoms with Gasteiger partial charge in [0.05, 0.1) is 22.8 Å². The Balaban J connectivity index is 2.82. The van der Waals surface area contributed by atoms with Gasteiger partial charge < -0.3 is 10.1 Å². The summed E-state index contributed by atoms with van der Waals surface area (Å²) in [6.45, 7) is 4.25. The van der Waals surface area contributed by atoms with Gasteiger partial charge in [-0.15, -0.1) is 0 Å². The fourth-order valence-electron chi connectivity index (χ4n) is 1.67. The molecule has 3 nitrogen and oxygen atoms in total. The third-order valence-electron chi connectivity index (χ3n) is 2.82. The Morgan fingerprint density at radius 3 is 2.53 bits per heavy atom. The second-order valence-corrected chi connectivity index (χ2v) is 5.77. The summed E-state index contributed by atoms with van der Waals surface area (Å²) in [6.07, 6.45) is 0. The normalized spacial score (nSPS) is 14.6. The molecule has 1 N–H and O–H groups in total. The molecule has 0 aliphatic carbocycles. The lowest BCUT2D eigenvalue weighted by molar-refractivity contribution is 0.403. The highest BCUT2D eigenvalue weighted by Gasteiger charge is 2.17. The Morgan fingerprint density at radius 1 is 1.35 bits per heavy atom. The van der Waals surface area contributed by atoms with Crippen LogP contribution >= 0.6 is 0 Å². The highest BCUT2D eigenvalue weighted by molar-refractivity contribution is 7.85. The van der Waals surface area contributed by atoms with Crippen LogP contribution in [0.1, 0.15) is 13.8 Å². The summed E-state index contributed by atoms with van der Waals surface area (Å²) in [5.41, 5.74) is 0. The summed E-state index contributed by atoms with van der Waals surface area (Å²) in [5.74, 6) is 1.76. The minimum absolute atomic E-state index is 0.251. The van der Waals surface area contributed by atoms with Crippen LogP contribution < -0.4 is 10.1 Å². The van der Waals surface area contributed by atoms with Crippen LogP contribution in [0.4, 0.5) is 0 Å². The molecule has 1 aromatic carbocycles. The molecule has 4 heteroatoms. The molecule has 1 aromatic rings. The van der Waals surface area contributed by atoms with E-state index in [-0.39, 0.29) is 6.04 Å². The van der Waals surface area contributed by atoms with Gasteiger partial charge in [-0.1, -0.05) is 26.0 Å². The molecule has 0 amide bonds. The number of rotatable bonds is 6. The fraction of sp³-hybridized carbons (Fsp3) is 0.538. The highest BCUT2D eigenvalue weighted by Crippen LogP contribution is 2.22. The zero-order chi connectivity index (χ0) is 12.8. The molecular formula is C13H21NO2S. The van der Waals surface area contributed by atoms with E-state index in [1.807, 2.05) is 31.3 Å². The second kappa shape index (κ2) is 6.77. The molecule has 2 atom stereocenters. The number of hydrogen-bond acceptors (Lipinski definition) is 3. The number of methoxy groups -OCH3 is 1. The van der Waals surface area contributed by atoms with Gasteiger partial charge >= 0.3 is 0 Å². The first-order chi connectivity index (χ1) is 8.10. The zero-order valence-electron chi connectivity index (χ0n) is 10.9. The molecule has 0 aliphatic rings. The fourth-order valence-corrected chi connectivity index (χ4v) is 3.33. The van der Waals surface area contributed by atoms with Crippen molar-refractivity contribution in [3.05, 3.63) is 24.3 Å². The molecule has 0 aliphatic heterocycles. The summed E-state index contributed by atoms with van der Waals surface area (Å²) in [5, 5.41) is 3.21. The van der Waals surface area contributed by atoms with Crippen LogP contribution in [0.2, 0.25) is 0 Å². The summed E-state index contributed by atoms with van der Waals surface area (Å²) in [6, 6.07) is 7.73. The van der Waals surface area contributed by atoms with E-state index < -0.39 is 10.8 Å². The van der Waals surface area contributed by atoms with Crippen molar-refractivity contribution in [1.29, 1.82) is 0 Å². The van der Waals surface area contributed by atoms with Gasteiger partial charge in [0.25, 0.3) is 0 Å². The lowest BCUT2D eigenvalue weighted by Gasteiger charge is -2.20. The Kier molecular flexibility index (Phi) is 5.65. The van der Waals surface area contributed by atoms with Crippen LogP contribution in [-0.4, -0.2) is 30.2 Å². The number of nitrogens with one attached hydrogen (secondary N) is 1. The van der Waals surface area contributed by atoms with E-state index in [0.29, 0.717) is 17.4 Å². The Hall–Kier alpha value is -0.870. The van der Waals surface area contributed by atoms with Crippen molar-refractivity contribution in [2.24, 2.45) is 5.92 Å². The van der Waals surface area contributed by atoms with Crippen LogP contribution in [0.3, 0.4) is 0 Å². The first-order valence-electron chi connectivity index (χ1n) is 5.78. The zero-order valence-corrected chi connectivity index (χ0v) is 11.7. The second-order valence-electron chi connectivity index (χ2n) is 4.30. The van der Waals surface area contributed by atoms with Gasteiger partial charge in [-0.2, -0.15) is 0 Å². The van der Waals surface area contributed by atoms with Crippen LogP contribution in [-0.2, 0) is 10.8 Å². The van der Waals surface area contributed by atoms with E-state index in [0.717, 1.165) is 4.90 Å². The quantitative estimate of drug-likeness (QED) is 0.845. The topological polar surface area (TPSA) is 38.3 Å². The third kappa shape index (κ3) is 3.82. The minimum Gasteiger partial charge on any atom is -0.495 e. The first-order valence-corrected chi connectivity index (χ1v) is 7.10. The molecule has 0 saturated heterocycles. The van der Waals surface area contributed by atoms with Gasteiger partial charge in [0, 0.05) is 11.8 Å². The van der Waals surface area contributed by atoms with E-state index in [1.54, 1.807) is 7.11 Å². The maximum atomic E-state index is 12.3. The van der Waals surface area contributed by atoms with Gasteiger partial charge in [-0.05, 0) is 25.1 Å². The maximum Gasteiger partial charge on any atom is 0.134 e. The van der Waals surface area contributed by atoms with Gasteiger partial charge in [-0.25, -0.2) is 0 Å². The average molecular weight is 255 g/mol. The average Bonchev–Trinajstić information content (AvgIpc) is 2.35. The van der Waals surface area contributed by atoms with Crippen LogP contribution in [0.25, 0.3) is 0 Å². The summed E-state index contributed by atoms with van der Waals surface area (Å²) < 4.78 is 17.5. The van der Waals surface area contributed by atoms with Gasteiger partial charge in [0.15, 0.2) is 0 Å². The summed E-state index contributed by atoms with van der Waals surface area (Å²) in [4.78, 5) is 0.774. The summed E-state index contributed by atoms with van der Waals surface area (Å²) in [7, 11) is 2.48. The Labute approximate surface area is 106 Å². The van der Waals surface area contributed by atoms with Crippen LogP contribution in [0.5, 0.6) is 5.75 Å². The largest absolute Gasteiger partial charge is 0.495 e. The van der Waals surface area contributed by atoms with Crippen molar-refractivity contribution in [3.8, 4) is 5.75 Å². The molecule has 0 saturated carbocycles. The monoisotopic (exact) mass is 255 g/mol. The number of ether oxygens (including phenoxy) is 1. The Bertz CT molecular complexity index is 379. The van der Waals surface area contributed by atoms with Crippen molar-refractivity contribution in [3.63, 3.8) is 0 Å². The minimum atomic E-state index is -1.03. The predicted octanol–water partition coefficient (Wildman–Crippen LogP) is 2.05. The maximum absolute atomic E-state index is 12.3. The lowest BCUT2D eigenvalue weighted by Crippen LogP contribution is -2.35. The standard InChI is InChI=1S/C13H21NO2S/c1-10(2)11(14-3)9-17(15)13-8-6-5-7-12(13)16-4/h5-8,10-11,14H,9H2,1-4H3. The molecule has 0 aromatic heterocycles. The molecule has 0 bridgehead atoms. The first kappa shape index (κ1) is 14.2. The molecule has 0 radical (unpaired) electrons. The van der Waals surface area contributed by atoms with Crippen molar-refractivity contribution >= 4 is 10.8 Å². The molecule has 0 spiro atoms. The SMILES string of the molecule is CNC(CS(=O)c1ccccc1OC)C(C)C. The Morgan fingerprint density at radius 2 is 2.00 bits per heavy atom. The molecule has 0 heterocycles. The summed E-state index contributed by atoms with van der Waals surface area (Å²) >= 11 is 0. The van der Waals surface area contributed by atoms with Crippen LogP contribution in [0, 0.1) is 5.92 Å².